The molecule has 1 aliphatic rings. The van der Waals surface area contributed by atoms with Gasteiger partial charge in [-0.25, -0.2) is 0 Å². The van der Waals surface area contributed by atoms with Crippen LogP contribution in [-0.4, -0.2) is 9.78 Å². The van der Waals surface area contributed by atoms with Crippen LogP contribution in [0.5, 0.6) is 0 Å². The van der Waals surface area contributed by atoms with E-state index < -0.39 is 0 Å². The zero-order valence-corrected chi connectivity index (χ0v) is 11.6. The maximum Gasteiger partial charge on any atom is 0.0679 e. The summed E-state index contributed by atoms with van der Waals surface area (Å²) in [5, 5.41) is 5.52. The number of hydrogen-bond donors (Lipinski definition) is 0. The molecule has 0 bridgehead atoms. The molecule has 2 nitrogen and oxygen atoms in total. The molecule has 2 aromatic rings. The molecule has 0 unspecified atom stereocenters. The van der Waals surface area contributed by atoms with Crippen molar-refractivity contribution < 1.29 is 0 Å². The van der Waals surface area contributed by atoms with E-state index in [-0.39, 0.29) is 0 Å². The van der Waals surface area contributed by atoms with Gasteiger partial charge >= 0.3 is 0 Å². The van der Waals surface area contributed by atoms with Crippen LogP contribution in [0.15, 0.2) is 30.5 Å². The van der Waals surface area contributed by atoms with Gasteiger partial charge in [0.25, 0.3) is 0 Å². The van der Waals surface area contributed by atoms with E-state index >= 15 is 0 Å². The Bertz CT molecular complexity index is 549. The summed E-state index contributed by atoms with van der Waals surface area (Å²) < 4.78 is 1.92. The number of rotatable bonds is 1. The van der Waals surface area contributed by atoms with E-state index in [9.17, 15) is 0 Å². The molecule has 0 amide bonds. The lowest BCUT2D eigenvalue weighted by atomic mass is 9.93. The van der Waals surface area contributed by atoms with Crippen LogP contribution in [-0.2, 0) is 7.05 Å². The lowest BCUT2D eigenvalue weighted by molar-refractivity contribution is 0.742. The van der Waals surface area contributed by atoms with Crippen LogP contribution in [0.25, 0.3) is 16.5 Å². The molecule has 0 saturated heterocycles. The average Bonchev–Trinajstić information content (AvgIpc) is 2.83. The van der Waals surface area contributed by atoms with Gasteiger partial charge < -0.3 is 0 Å². The van der Waals surface area contributed by atoms with Crippen LogP contribution in [0.1, 0.15) is 45.1 Å². The van der Waals surface area contributed by atoms with Crippen LogP contribution in [0.4, 0.5) is 0 Å². The number of fused-ring (bicyclic) bond motifs is 1. The highest BCUT2D eigenvalue weighted by molar-refractivity contribution is 5.83. The van der Waals surface area contributed by atoms with Gasteiger partial charge in [0.05, 0.1) is 11.7 Å². The molecule has 0 spiro atoms. The maximum absolute atomic E-state index is 4.28. The largest absolute Gasteiger partial charge is 0.268 e. The average molecular weight is 242 g/mol. The Morgan fingerprint density at radius 1 is 1.17 bits per heavy atom. The SMILES string of the molecule is CC.Cn1ncc2cc(C3=CCCCC3)ccc21. The second-order valence-electron chi connectivity index (χ2n) is 4.52. The van der Waals surface area contributed by atoms with E-state index in [0.29, 0.717) is 0 Å². The van der Waals surface area contributed by atoms with Crippen molar-refractivity contribution in [2.45, 2.75) is 39.5 Å². The molecule has 1 aliphatic carbocycles. The Balaban J connectivity index is 0.000000574. The summed E-state index contributed by atoms with van der Waals surface area (Å²) in [6.07, 6.45) is 9.48. The molecular formula is C16H22N2. The number of benzene rings is 1. The van der Waals surface area contributed by atoms with Crippen molar-refractivity contribution in [3.63, 3.8) is 0 Å². The van der Waals surface area contributed by atoms with Crippen molar-refractivity contribution in [3.8, 4) is 0 Å². The zero-order chi connectivity index (χ0) is 13.0. The smallest absolute Gasteiger partial charge is 0.0679 e. The van der Waals surface area contributed by atoms with Crippen molar-refractivity contribution in [2.24, 2.45) is 7.05 Å². The topological polar surface area (TPSA) is 17.8 Å². The number of nitrogens with zero attached hydrogens (tertiary/aromatic N) is 2. The highest BCUT2D eigenvalue weighted by atomic mass is 15.2. The normalized spacial score (nSPS) is 14.9. The van der Waals surface area contributed by atoms with Gasteiger partial charge in [0, 0.05) is 12.4 Å². The Morgan fingerprint density at radius 3 is 2.72 bits per heavy atom. The Labute approximate surface area is 109 Å². The minimum Gasteiger partial charge on any atom is -0.268 e. The predicted octanol–water partition coefficient (Wildman–Crippen LogP) is 4.56. The van der Waals surface area contributed by atoms with Gasteiger partial charge in [-0.1, -0.05) is 26.0 Å². The van der Waals surface area contributed by atoms with E-state index in [2.05, 4.69) is 29.4 Å². The standard InChI is InChI=1S/C14H16N2.C2H6/c1-16-14-8-7-12(9-13(14)10-15-16)11-5-3-2-4-6-11;1-2/h5,7-10H,2-4,6H2,1H3;1-2H3. The summed E-state index contributed by atoms with van der Waals surface area (Å²) in [6.45, 7) is 4.00. The molecule has 0 fully saturated rings. The van der Waals surface area contributed by atoms with Crippen molar-refractivity contribution in [2.75, 3.05) is 0 Å². The first-order chi connectivity index (χ1) is 8.84. The second-order valence-corrected chi connectivity index (χ2v) is 4.52. The highest BCUT2D eigenvalue weighted by Gasteiger charge is 2.07. The number of hydrogen-bond acceptors (Lipinski definition) is 1. The van der Waals surface area contributed by atoms with Gasteiger partial charge in [0.1, 0.15) is 0 Å². The van der Waals surface area contributed by atoms with Crippen molar-refractivity contribution in [3.05, 3.63) is 36.0 Å². The highest BCUT2D eigenvalue weighted by Crippen LogP contribution is 2.28. The lowest BCUT2D eigenvalue weighted by Gasteiger charge is -2.12. The van der Waals surface area contributed by atoms with E-state index in [1.165, 1.54) is 47.7 Å². The van der Waals surface area contributed by atoms with Gasteiger partial charge in [0.15, 0.2) is 0 Å². The molecule has 18 heavy (non-hydrogen) atoms. The number of allylic oxidation sites excluding steroid dienone is 2. The van der Waals surface area contributed by atoms with Gasteiger partial charge in [-0.3, -0.25) is 4.68 Å². The van der Waals surface area contributed by atoms with Crippen LogP contribution >= 0.6 is 0 Å². The molecule has 1 heterocycles. The van der Waals surface area contributed by atoms with Crippen LogP contribution < -0.4 is 0 Å². The molecule has 96 valence electrons. The molecular weight excluding hydrogens is 220 g/mol. The minimum atomic E-state index is 1.21. The molecule has 0 radical (unpaired) electrons. The fourth-order valence-corrected chi connectivity index (χ4v) is 2.46. The summed E-state index contributed by atoms with van der Waals surface area (Å²) in [5.41, 5.74) is 4.09. The predicted molar refractivity (Wildman–Crippen MR) is 78.5 cm³/mol. The maximum atomic E-state index is 4.28. The van der Waals surface area contributed by atoms with Crippen LogP contribution in [0.2, 0.25) is 0 Å². The van der Waals surface area contributed by atoms with Gasteiger partial charge in [0.2, 0.25) is 0 Å². The van der Waals surface area contributed by atoms with Crippen LogP contribution in [0, 0.1) is 0 Å². The van der Waals surface area contributed by atoms with Crippen molar-refractivity contribution >= 4 is 16.5 Å². The van der Waals surface area contributed by atoms with Gasteiger partial charge in [-0.15, -0.1) is 0 Å². The third kappa shape index (κ3) is 2.47. The van der Waals surface area contributed by atoms with E-state index in [1.807, 2.05) is 31.8 Å². The van der Waals surface area contributed by atoms with Gasteiger partial charge in [-0.05, 0) is 49.0 Å². The van der Waals surface area contributed by atoms with E-state index in [1.54, 1.807) is 0 Å². The van der Waals surface area contributed by atoms with Crippen molar-refractivity contribution in [1.82, 2.24) is 9.78 Å². The Kier molecular flexibility index (Phi) is 4.19. The molecule has 0 saturated carbocycles. The summed E-state index contributed by atoms with van der Waals surface area (Å²) in [5.74, 6) is 0. The molecule has 1 aromatic heterocycles. The zero-order valence-electron chi connectivity index (χ0n) is 11.6. The first kappa shape index (κ1) is 12.9. The molecule has 1 aromatic carbocycles. The third-order valence-electron chi connectivity index (χ3n) is 3.41. The minimum absolute atomic E-state index is 1.21. The fourth-order valence-electron chi connectivity index (χ4n) is 2.46. The summed E-state index contributed by atoms with van der Waals surface area (Å²) in [7, 11) is 1.99. The lowest BCUT2D eigenvalue weighted by Crippen LogP contribution is -1.92. The van der Waals surface area contributed by atoms with E-state index in [4.69, 9.17) is 0 Å². The first-order valence-corrected chi connectivity index (χ1v) is 6.96. The summed E-state index contributed by atoms with van der Waals surface area (Å²) in [6, 6.07) is 6.66. The van der Waals surface area contributed by atoms with E-state index in [0.717, 1.165) is 0 Å². The number of aromatic nitrogens is 2. The fraction of sp³-hybridized carbons (Fsp3) is 0.438. The van der Waals surface area contributed by atoms with Gasteiger partial charge in [-0.2, -0.15) is 5.10 Å². The van der Waals surface area contributed by atoms with Crippen molar-refractivity contribution in [1.29, 1.82) is 0 Å². The molecule has 3 rings (SSSR count). The molecule has 0 N–H and O–H groups in total. The first-order valence-electron chi connectivity index (χ1n) is 6.96. The molecule has 0 atom stereocenters. The third-order valence-corrected chi connectivity index (χ3v) is 3.41. The summed E-state index contributed by atoms with van der Waals surface area (Å²) >= 11 is 0. The molecule has 2 heteroatoms. The second kappa shape index (κ2) is 5.85. The summed E-state index contributed by atoms with van der Waals surface area (Å²) in [4.78, 5) is 0. The Morgan fingerprint density at radius 2 is 2.00 bits per heavy atom. The number of aryl methyl sites for hydroxylation is 1. The Hall–Kier alpha value is -1.57. The quantitative estimate of drug-likeness (QED) is 0.717. The van der Waals surface area contributed by atoms with Crippen LogP contribution in [0.3, 0.4) is 0 Å². The molecule has 0 aliphatic heterocycles. The monoisotopic (exact) mass is 242 g/mol.